The maximum absolute atomic E-state index is 13.0. The lowest BCUT2D eigenvalue weighted by atomic mass is 10.1. The number of halogens is 1. The molecular weight excluding hydrogens is 351 g/mol. The fourth-order valence-electron chi connectivity index (χ4n) is 2.87. The van der Waals surface area contributed by atoms with Crippen LogP contribution in [0.2, 0.25) is 0 Å². The van der Waals surface area contributed by atoms with Crippen LogP contribution in [0.3, 0.4) is 0 Å². The average molecular weight is 364 g/mol. The Morgan fingerprint density at radius 2 is 1.74 bits per heavy atom. The first-order valence-corrected chi connectivity index (χ1v) is 8.12. The summed E-state index contributed by atoms with van der Waals surface area (Å²) in [6.45, 7) is 0.0243. The number of hydrogen-bond acceptors (Lipinski definition) is 4. The summed E-state index contributed by atoms with van der Waals surface area (Å²) >= 11 is 0. The molecule has 0 unspecified atom stereocenters. The van der Waals surface area contributed by atoms with Gasteiger partial charge in [0.1, 0.15) is 11.6 Å². The van der Waals surface area contributed by atoms with E-state index in [-0.39, 0.29) is 23.2 Å². The van der Waals surface area contributed by atoms with Crippen molar-refractivity contribution in [2.24, 2.45) is 0 Å². The molecule has 0 spiro atoms. The summed E-state index contributed by atoms with van der Waals surface area (Å²) in [6.07, 6.45) is 1.46. The van der Waals surface area contributed by atoms with E-state index in [2.05, 4.69) is 5.32 Å². The fraction of sp³-hybridized carbons (Fsp3) is 0.0500. The monoisotopic (exact) mass is 364 g/mol. The lowest BCUT2D eigenvalue weighted by Crippen LogP contribution is -2.28. The number of benzene rings is 2. The van der Waals surface area contributed by atoms with Crippen LogP contribution < -0.4 is 5.32 Å². The number of fused-ring (bicyclic) bond motifs is 1. The van der Waals surface area contributed by atoms with Gasteiger partial charge in [0.2, 0.25) is 0 Å². The summed E-state index contributed by atoms with van der Waals surface area (Å²) in [5.41, 5.74) is 1.05. The minimum absolute atomic E-state index is 0.0243. The van der Waals surface area contributed by atoms with Crippen molar-refractivity contribution in [2.75, 3.05) is 5.32 Å². The van der Waals surface area contributed by atoms with Crippen molar-refractivity contribution < 1.29 is 23.2 Å². The first-order valence-electron chi connectivity index (χ1n) is 8.12. The van der Waals surface area contributed by atoms with Gasteiger partial charge in [-0.3, -0.25) is 19.3 Å². The Kier molecular flexibility index (Phi) is 4.04. The van der Waals surface area contributed by atoms with Gasteiger partial charge >= 0.3 is 0 Å². The molecule has 0 saturated heterocycles. The average Bonchev–Trinajstić information content (AvgIpc) is 3.26. The van der Waals surface area contributed by atoms with Crippen LogP contribution in [0.15, 0.2) is 65.3 Å². The summed E-state index contributed by atoms with van der Waals surface area (Å²) in [5.74, 6) is -1.31. The normalized spacial score (nSPS) is 13.0. The van der Waals surface area contributed by atoms with Crippen LogP contribution in [0.5, 0.6) is 0 Å². The van der Waals surface area contributed by atoms with E-state index in [1.54, 1.807) is 12.1 Å². The zero-order valence-corrected chi connectivity index (χ0v) is 13.9. The van der Waals surface area contributed by atoms with Crippen LogP contribution in [-0.4, -0.2) is 22.6 Å². The lowest BCUT2D eigenvalue weighted by Gasteiger charge is -2.11. The van der Waals surface area contributed by atoms with Gasteiger partial charge in [0.15, 0.2) is 0 Å². The second-order valence-electron chi connectivity index (χ2n) is 6.00. The number of carbonyl (C=O) groups is 3. The Bertz CT molecular complexity index is 1040. The van der Waals surface area contributed by atoms with Crippen molar-refractivity contribution in [3.05, 3.63) is 89.1 Å². The van der Waals surface area contributed by atoms with Crippen molar-refractivity contribution in [1.82, 2.24) is 4.90 Å². The highest BCUT2D eigenvalue weighted by molar-refractivity contribution is 6.22. The SMILES string of the molecule is O=C(Nc1ccc(F)cc1)c1ccc2c(c1)C(=O)N(Cc1ccco1)C2=O. The van der Waals surface area contributed by atoms with Gasteiger partial charge < -0.3 is 9.73 Å². The number of anilines is 1. The maximum Gasteiger partial charge on any atom is 0.261 e. The Morgan fingerprint density at radius 1 is 1.00 bits per heavy atom. The van der Waals surface area contributed by atoms with E-state index in [9.17, 15) is 18.8 Å². The predicted molar refractivity (Wildman–Crippen MR) is 93.7 cm³/mol. The molecule has 3 aromatic rings. The Morgan fingerprint density at radius 3 is 2.44 bits per heavy atom. The number of carbonyl (C=O) groups excluding carboxylic acids is 3. The van der Waals surface area contributed by atoms with Crippen molar-refractivity contribution >= 4 is 23.4 Å². The molecule has 134 valence electrons. The van der Waals surface area contributed by atoms with E-state index in [4.69, 9.17) is 4.42 Å². The van der Waals surface area contributed by atoms with Crippen molar-refractivity contribution in [3.63, 3.8) is 0 Å². The third-order valence-electron chi connectivity index (χ3n) is 4.23. The summed E-state index contributed by atoms with van der Waals surface area (Å²) in [7, 11) is 0. The molecule has 4 rings (SSSR count). The largest absolute Gasteiger partial charge is 0.467 e. The first kappa shape index (κ1) is 16.7. The molecule has 0 radical (unpaired) electrons. The van der Waals surface area contributed by atoms with Gasteiger partial charge in [0.25, 0.3) is 17.7 Å². The molecule has 1 N–H and O–H groups in total. The van der Waals surface area contributed by atoms with Gasteiger partial charge in [-0.15, -0.1) is 0 Å². The number of hydrogen-bond donors (Lipinski definition) is 1. The molecule has 1 aliphatic heterocycles. The summed E-state index contributed by atoms with van der Waals surface area (Å²) in [6, 6.07) is 13.0. The number of imide groups is 1. The van der Waals surface area contributed by atoms with Gasteiger partial charge in [-0.1, -0.05) is 0 Å². The molecule has 1 aromatic heterocycles. The molecule has 0 aliphatic carbocycles. The van der Waals surface area contributed by atoms with Crippen molar-refractivity contribution in [3.8, 4) is 0 Å². The Labute approximate surface area is 153 Å². The van der Waals surface area contributed by atoms with Crippen LogP contribution in [0.1, 0.15) is 36.8 Å². The van der Waals surface area contributed by atoms with Crippen LogP contribution in [-0.2, 0) is 6.54 Å². The maximum atomic E-state index is 13.0. The van der Waals surface area contributed by atoms with E-state index in [0.717, 1.165) is 4.90 Å². The van der Waals surface area contributed by atoms with Crippen LogP contribution >= 0.6 is 0 Å². The molecule has 0 atom stereocenters. The summed E-state index contributed by atoms with van der Waals surface area (Å²) < 4.78 is 18.1. The zero-order valence-electron chi connectivity index (χ0n) is 13.9. The number of nitrogens with zero attached hydrogens (tertiary/aromatic N) is 1. The molecule has 2 aromatic carbocycles. The molecular formula is C20H13FN2O4. The minimum Gasteiger partial charge on any atom is -0.467 e. The third kappa shape index (κ3) is 3.10. The molecule has 27 heavy (non-hydrogen) atoms. The highest BCUT2D eigenvalue weighted by Gasteiger charge is 2.36. The molecule has 2 heterocycles. The fourth-order valence-corrected chi connectivity index (χ4v) is 2.87. The van der Waals surface area contributed by atoms with Crippen LogP contribution in [0.4, 0.5) is 10.1 Å². The van der Waals surface area contributed by atoms with Gasteiger partial charge in [0, 0.05) is 11.3 Å². The quantitative estimate of drug-likeness (QED) is 0.719. The zero-order chi connectivity index (χ0) is 19.0. The van der Waals surface area contributed by atoms with Gasteiger partial charge in [-0.2, -0.15) is 0 Å². The van der Waals surface area contributed by atoms with Gasteiger partial charge in [-0.25, -0.2) is 4.39 Å². The first-order chi connectivity index (χ1) is 13.0. The number of nitrogens with one attached hydrogen (secondary N) is 1. The molecule has 1 aliphatic rings. The molecule has 3 amide bonds. The minimum atomic E-state index is -0.483. The third-order valence-corrected chi connectivity index (χ3v) is 4.23. The highest BCUT2D eigenvalue weighted by Crippen LogP contribution is 2.26. The van der Waals surface area contributed by atoms with Crippen LogP contribution in [0.25, 0.3) is 0 Å². The molecule has 6 nitrogen and oxygen atoms in total. The smallest absolute Gasteiger partial charge is 0.261 e. The van der Waals surface area contributed by atoms with E-state index >= 15 is 0 Å². The topological polar surface area (TPSA) is 79.6 Å². The molecule has 0 fully saturated rings. The second kappa shape index (κ2) is 6.53. The lowest BCUT2D eigenvalue weighted by molar-refractivity contribution is 0.0631. The standard InChI is InChI=1S/C20H13FN2O4/c21-13-4-6-14(7-5-13)22-18(24)12-3-8-16-17(10-12)20(26)23(19(16)25)11-15-2-1-9-27-15/h1-10H,11H2,(H,22,24). The number of rotatable bonds is 4. The number of amides is 3. The van der Waals surface area contributed by atoms with E-state index in [1.807, 2.05) is 0 Å². The summed E-state index contributed by atoms with van der Waals surface area (Å²) in [4.78, 5) is 38.5. The Hall–Kier alpha value is -3.74. The highest BCUT2D eigenvalue weighted by atomic mass is 19.1. The van der Waals surface area contributed by atoms with Crippen LogP contribution in [0, 0.1) is 5.82 Å². The van der Waals surface area contributed by atoms with Crippen molar-refractivity contribution in [1.29, 1.82) is 0 Å². The van der Waals surface area contributed by atoms with E-state index in [0.29, 0.717) is 11.4 Å². The van der Waals surface area contributed by atoms with Crippen molar-refractivity contribution in [2.45, 2.75) is 6.54 Å². The van der Waals surface area contributed by atoms with E-state index < -0.39 is 23.5 Å². The molecule has 0 bridgehead atoms. The Balaban J connectivity index is 1.57. The predicted octanol–water partition coefficient (Wildman–Crippen LogP) is 3.47. The summed E-state index contributed by atoms with van der Waals surface area (Å²) in [5, 5.41) is 2.62. The van der Waals surface area contributed by atoms with E-state index in [1.165, 1.54) is 48.7 Å². The second-order valence-corrected chi connectivity index (χ2v) is 6.00. The molecule has 7 heteroatoms. The number of furan rings is 1. The van der Waals surface area contributed by atoms with Gasteiger partial charge in [0.05, 0.1) is 23.9 Å². The molecule has 0 saturated carbocycles. The van der Waals surface area contributed by atoms with Gasteiger partial charge in [-0.05, 0) is 54.6 Å².